The number of para-hydroxylation sites is 1. The van der Waals surface area contributed by atoms with E-state index in [1.807, 2.05) is 14.1 Å². The Bertz CT molecular complexity index is 858. The minimum Gasteiger partial charge on any atom is -0.453 e. The number of Topliss-reactive ketones (excluding diaryl/α,β-unsaturated/α-hetero) is 1. The van der Waals surface area contributed by atoms with Gasteiger partial charge in [-0.25, -0.2) is 9.37 Å². The van der Waals surface area contributed by atoms with E-state index >= 15 is 0 Å². The molecule has 2 heterocycles. The highest BCUT2D eigenvalue weighted by atomic mass is 19.1. The average Bonchev–Trinajstić information content (AvgIpc) is 2.94. The second-order valence-corrected chi connectivity index (χ2v) is 5.43. The van der Waals surface area contributed by atoms with Crippen LogP contribution in [-0.4, -0.2) is 41.3 Å². The Morgan fingerprint density at radius 2 is 2.04 bits per heavy atom. The smallest absolute Gasteiger partial charge is 0.179 e. The van der Waals surface area contributed by atoms with E-state index in [1.165, 1.54) is 12.1 Å². The largest absolute Gasteiger partial charge is 0.453 e. The van der Waals surface area contributed by atoms with Gasteiger partial charge in [-0.3, -0.25) is 4.79 Å². The number of benzene rings is 1. The molecule has 0 saturated carbocycles. The third-order valence-corrected chi connectivity index (χ3v) is 3.35. The first-order chi connectivity index (χ1) is 11.1. The molecule has 0 saturated heterocycles. The van der Waals surface area contributed by atoms with Crippen molar-refractivity contribution in [1.82, 2.24) is 14.9 Å². The lowest BCUT2D eigenvalue weighted by atomic mass is 10.1. The number of pyridine rings is 1. The van der Waals surface area contributed by atoms with E-state index in [0.717, 1.165) is 0 Å². The highest BCUT2D eigenvalue weighted by Crippen LogP contribution is 2.32. The van der Waals surface area contributed by atoms with Crippen molar-refractivity contribution >= 4 is 16.8 Å². The van der Waals surface area contributed by atoms with Crippen molar-refractivity contribution in [2.24, 2.45) is 0 Å². The summed E-state index contributed by atoms with van der Waals surface area (Å²) in [4.78, 5) is 21.3. The number of nitrogens with zero attached hydrogens (tertiary/aromatic N) is 2. The van der Waals surface area contributed by atoms with Gasteiger partial charge in [0.2, 0.25) is 0 Å². The number of carbonyl (C=O) groups is 1. The highest BCUT2D eigenvalue weighted by Gasteiger charge is 2.18. The first-order valence-electron chi connectivity index (χ1n) is 7.12. The molecule has 1 aromatic carbocycles. The van der Waals surface area contributed by atoms with E-state index in [4.69, 9.17) is 4.74 Å². The summed E-state index contributed by atoms with van der Waals surface area (Å²) in [5, 5.41) is 0.558. The average molecular weight is 313 g/mol. The molecule has 2 aromatic heterocycles. The molecule has 0 fully saturated rings. The van der Waals surface area contributed by atoms with Crippen LogP contribution in [0.1, 0.15) is 10.4 Å². The molecule has 23 heavy (non-hydrogen) atoms. The van der Waals surface area contributed by atoms with Gasteiger partial charge in [0.1, 0.15) is 11.4 Å². The fraction of sp³-hybridized carbons (Fsp3) is 0.176. The van der Waals surface area contributed by atoms with Crippen LogP contribution >= 0.6 is 0 Å². The molecule has 0 atom stereocenters. The van der Waals surface area contributed by atoms with Crippen molar-refractivity contribution in [3.05, 3.63) is 54.1 Å². The molecule has 0 spiro atoms. The minimum atomic E-state index is -0.464. The standard InChI is InChI=1S/C17H16FN3O2/c1-21(2)10-13(22)11-9-20-17-16(11)15(7-8-19-17)23-14-6-4-3-5-12(14)18/h3-9H,10H2,1-2H3,(H,19,20). The summed E-state index contributed by atoms with van der Waals surface area (Å²) in [7, 11) is 3.64. The second-order valence-electron chi connectivity index (χ2n) is 5.43. The molecule has 0 bridgehead atoms. The molecule has 0 unspecified atom stereocenters. The van der Waals surface area contributed by atoms with Crippen molar-refractivity contribution in [3.8, 4) is 11.5 Å². The van der Waals surface area contributed by atoms with Gasteiger partial charge in [-0.05, 0) is 32.3 Å². The van der Waals surface area contributed by atoms with Crippen LogP contribution in [0.4, 0.5) is 4.39 Å². The van der Waals surface area contributed by atoms with Crippen LogP contribution in [0.25, 0.3) is 11.0 Å². The maximum absolute atomic E-state index is 13.8. The predicted octanol–water partition coefficient (Wildman–Crippen LogP) is 3.24. The Morgan fingerprint density at radius 3 is 2.78 bits per heavy atom. The van der Waals surface area contributed by atoms with Crippen LogP contribution in [0.2, 0.25) is 0 Å². The number of fused-ring (bicyclic) bond motifs is 1. The third kappa shape index (κ3) is 3.07. The molecular formula is C17H16FN3O2. The summed E-state index contributed by atoms with van der Waals surface area (Å²) in [6.07, 6.45) is 3.16. The van der Waals surface area contributed by atoms with Gasteiger partial charge in [-0.15, -0.1) is 0 Å². The number of carbonyl (C=O) groups excluding carboxylic acids is 1. The summed E-state index contributed by atoms with van der Waals surface area (Å²) in [5.74, 6) is -0.0301. The molecule has 0 amide bonds. The van der Waals surface area contributed by atoms with E-state index in [2.05, 4.69) is 9.97 Å². The monoisotopic (exact) mass is 313 g/mol. The van der Waals surface area contributed by atoms with Crippen molar-refractivity contribution in [2.45, 2.75) is 0 Å². The third-order valence-electron chi connectivity index (χ3n) is 3.35. The van der Waals surface area contributed by atoms with E-state index in [1.54, 1.807) is 35.5 Å². The highest BCUT2D eigenvalue weighted by molar-refractivity contribution is 6.10. The number of likely N-dealkylation sites (N-methyl/N-ethyl adjacent to an activating group) is 1. The number of halogens is 1. The molecule has 0 aliphatic carbocycles. The van der Waals surface area contributed by atoms with Crippen molar-refractivity contribution < 1.29 is 13.9 Å². The zero-order chi connectivity index (χ0) is 16.4. The molecule has 3 rings (SSSR count). The topological polar surface area (TPSA) is 58.2 Å². The maximum atomic E-state index is 13.8. The summed E-state index contributed by atoms with van der Waals surface area (Å²) >= 11 is 0. The molecule has 1 N–H and O–H groups in total. The molecule has 3 aromatic rings. The molecule has 0 aliphatic rings. The van der Waals surface area contributed by atoms with Gasteiger partial charge in [0, 0.05) is 18.0 Å². The molecule has 118 valence electrons. The van der Waals surface area contributed by atoms with Crippen LogP contribution in [-0.2, 0) is 0 Å². The Labute approximate surface area is 132 Å². The number of ether oxygens (including phenoxy) is 1. The fourth-order valence-corrected chi connectivity index (χ4v) is 2.35. The van der Waals surface area contributed by atoms with Crippen molar-refractivity contribution in [2.75, 3.05) is 20.6 Å². The second kappa shape index (κ2) is 6.18. The maximum Gasteiger partial charge on any atom is 0.179 e. The van der Waals surface area contributed by atoms with Gasteiger partial charge >= 0.3 is 0 Å². The number of H-pyrrole nitrogens is 1. The van der Waals surface area contributed by atoms with Gasteiger partial charge in [0.25, 0.3) is 0 Å². The normalized spacial score (nSPS) is 11.1. The van der Waals surface area contributed by atoms with Crippen LogP contribution in [0.5, 0.6) is 11.5 Å². The Morgan fingerprint density at radius 1 is 1.26 bits per heavy atom. The van der Waals surface area contributed by atoms with Gasteiger partial charge in [0.15, 0.2) is 17.3 Å². The predicted molar refractivity (Wildman–Crippen MR) is 85.5 cm³/mol. The first-order valence-corrected chi connectivity index (χ1v) is 7.12. The van der Waals surface area contributed by atoms with Crippen LogP contribution in [0.15, 0.2) is 42.7 Å². The number of aromatic amines is 1. The zero-order valence-electron chi connectivity index (χ0n) is 12.8. The molecule has 0 aliphatic heterocycles. The number of rotatable bonds is 5. The number of aromatic nitrogens is 2. The summed E-state index contributed by atoms with van der Waals surface area (Å²) in [5.41, 5.74) is 1.01. The van der Waals surface area contributed by atoms with E-state index < -0.39 is 5.82 Å². The Hall–Kier alpha value is -2.73. The van der Waals surface area contributed by atoms with E-state index in [9.17, 15) is 9.18 Å². The van der Waals surface area contributed by atoms with Gasteiger partial charge in [-0.2, -0.15) is 0 Å². The van der Waals surface area contributed by atoms with Crippen LogP contribution in [0.3, 0.4) is 0 Å². The van der Waals surface area contributed by atoms with E-state index in [0.29, 0.717) is 22.3 Å². The Balaban J connectivity index is 2.05. The fourth-order valence-electron chi connectivity index (χ4n) is 2.35. The lowest BCUT2D eigenvalue weighted by Crippen LogP contribution is -2.21. The molecule has 6 heteroatoms. The minimum absolute atomic E-state index is 0.0624. The number of hydrogen-bond donors (Lipinski definition) is 1. The van der Waals surface area contributed by atoms with Crippen LogP contribution in [0, 0.1) is 5.82 Å². The molecular weight excluding hydrogens is 297 g/mol. The first kappa shape index (κ1) is 15.2. The summed E-state index contributed by atoms with van der Waals surface area (Å²) in [6.45, 7) is 0.265. The lowest BCUT2D eigenvalue weighted by Gasteiger charge is -2.10. The number of ketones is 1. The SMILES string of the molecule is CN(C)CC(=O)c1c[nH]c2nccc(Oc3ccccc3F)c12. The lowest BCUT2D eigenvalue weighted by molar-refractivity contribution is 0.0959. The summed E-state index contributed by atoms with van der Waals surface area (Å²) in [6, 6.07) is 7.76. The van der Waals surface area contributed by atoms with E-state index in [-0.39, 0.29) is 18.1 Å². The zero-order valence-corrected chi connectivity index (χ0v) is 12.8. The number of nitrogens with one attached hydrogen (secondary N) is 1. The van der Waals surface area contributed by atoms with Gasteiger partial charge in [-0.1, -0.05) is 12.1 Å². The summed E-state index contributed by atoms with van der Waals surface area (Å²) < 4.78 is 19.5. The molecule has 5 nitrogen and oxygen atoms in total. The Kier molecular flexibility index (Phi) is 4.08. The quantitative estimate of drug-likeness (QED) is 0.735. The van der Waals surface area contributed by atoms with Crippen molar-refractivity contribution in [1.29, 1.82) is 0 Å². The molecule has 0 radical (unpaired) electrons. The van der Waals surface area contributed by atoms with Gasteiger partial charge < -0.3 is 14.6 Å². The van der Waals surface area contributed by atoms with Crippen molar-refractivity contribution in [3.63, 3.8) is 0 Å². The number of hydrogen-bond acceptors (Lipinski definition) is 4. The van der Waals surface area contributed by atoms with Crippen LogP contribution < -0.4 is 4.74 Å². The van der Waals surface area contributed by atoms with Gasteiger partial charge in [0.05, 0.1) is 11.9 Å².